The van der Waals surface area contributed by atoms with Gasteiger partial charge in [0.1, 0.15) is 11.5 Å². The Morgan fingerprint density at radius 2 is 1.71 bits per heavy atom. The van der Waals surface area contributed by atoms with Gasteiger partial charge in [0.15, 0.2) is 0 Å². The van der Waals surface area contributed by atoms with Crippen LogP contribution in [0.15, 0.2) is 48.5 Å². The van der Waals surface area contributed by atoms with Crippen molar-refractivity contribution in [2.75, 3.05) is 0 Å². The van der Waals surface area contributed by atoms with Crippen LogP contribution in [-0.2, 0) is 0 Å². The lowest BCUT2D eigenvalue weighted by atomic mass is 10.2. The van der Waals surface area contributed by atoms with Crippen molar-refractivity contribution in [1.82, 2.24) is 0 Å². The highest BCUT2D eigenvalue weighted by molar-refractivity contribution is 14.1. The number of hydrogen-bond donors (Lipinski definition) is 1. The van der Waals surface area contributed by atoms with Crippen molar-refractivity contribution < 1.29 is 9.53 Å². The molecule has 0 aliphatic carbocycles. The Balaban J connectivity index is 2.20. The first-order valence-electron chi connectivity index (χ1n) is 4.99. The summed E-state index contributed by atoms with van der Waals surface area (Å²) in [4.78, 5) is 10.9. The van der Waals surface area contributed by atoms with Gasteiger partial charge in [0.2, 0.25) is 5.91 Å². The van der Waals surface area contributed by atoms with Crippen LogP contribution in [0.1, 0.15) is 10.4 Å². The number of halogens is 1. The second kappa shape index (κ2) is 5.18. The molecule has 0 fully saturated rings. The highest BCUT2D eigenvalue weighted by atomic mass is 127. The molecule has 3 nitrogen and oxygen atoms in total. The van der Waals surface area contributed by atoms with E-state index < -0.39 is 5.91 Å². The number of hydrogen-bond acceptors (Lipinski definition) is 2. The van der Waals surface area contributed by atoms with E-state index in [9.17, 15) is 4.79 Å². The van der Waals surface area contributed by atoms with Crippen LogP contribution in [0.4, 0.5) is 0 Å². The zero-order chi connectivity index (χ0) is 12.3. The molecule has 1 amide bonds. The molecular weight excluding hydrogens is 329 g/mol. The Hall–Kier alpha value is -1.56. The molecule has 0 radical (unpaired) electrons. The normalized spacial score (nSPS) is 9.94. The molecule has 0 aromatic heterocycles. The Morgan fingerprint density at radius 3 is 2.29 bits per heavy atom. The summed E-state index contributed by atoms with van der Waals surface area (Å²) < 4.78 is 6.72. The fourth-order valence-corrected chi connectivity index (χ4v) is 1.84. The largest absolute Gasteiger partial charge is 0.456 e. The summed E-state index contributed by atoms with van der Waals surface area (Å²) in [5.41, 5.74) is 5.63. The van der Waals surface area contributed by atoms with Crippen molar-refractivity contribution in [1.29, 1.82) is 0 Å². The van der Waals surface area contributed by atoms with Gasteiger partial charge in [0.25, 0.3) is 0 Å². The molecule has 2 aromatic rings. The van der Waals surface area contributed by atoms with Gasteiger partial charge in [0, 0.05) is 5.56 Å². The molecule has 4 heteroatoms. The average Bonchev–Trinajstić information content (AvgIpc) is 2.33. The standard InChI is InChI=1S/C13H10INO2/c14-11-3-1-2-4-12(11)17-10-7-5-9(6-8-10)13(15)16/h1-8H,(H2,15,16). The fraction of sp³-hybridized carbons (Fsp3) is 0. The summed E-state index contributed by atoms with van der Waals surface area (Å²) in [6.07, 6.45) is 0. The van der Waals surface area contributed by atoms with Crippen molar-refractivity contribution in [2.45, 2.75) is 0 Å². The smallest absolute Gasteiger partial charge is 0.248 e. The number of carbonyl (C=O) groups is 1. The molecule has 0 saturated carbocycles. The van der Waals surface area contributed by atoms with Gasteiger partial charge in [0.05, 0.1) is 3.57 Å². The van der Waals surface area contributed by atoms with E-state index in [0.29, 0.717) is 11.3 Å². The summed E-state index contributed by atoms with van der Waals surface area (Å²) in [7, 11) is 0. The molecule has 0 heterocycles. The topological polar surface area (TPSA) is 52.3 Å². The number of amides is 1. The lowest BCUT2D eigenvalue weighted by Crippen LogP contribution is -2.10. The van der Waals surface area contributed by atoms with Crippen LogP contribution in [0.3, 0.4) is 0 Å². The molecule has 2 N–H and O–H groups in total. The van der Waals surface area contributed by atoms with E-state index in [1.165, 1.54) is 0 Å². The molecule has 0 saturated heterocycles. The third-order valence-electron chi connectivity index (χ3n) is 2.20. The van der Waals surface area contributed by atoms with E-state index in [1.807, 2.05) is 24.3 Å². The molecule has 0 aliphatic heterocycles. The molecule has 0 spiro atoms. The first kappa shape index (κ1) is 11.9. The molecule has 0 atom stereocenters. The number of benzene rings is 2. The van der Waals surface area contributed by atoms with E-state index in [-0.39, 0.29) is 0 Å². The van der Waals surface area contributed by atoms with Gasteiger partial charge >= 0.3 is 0 Å². The monoisotopic (exact) mass is 339 g/mol. The quantitative estimate of drug-likeness (QED) is 0.874. The number of carbonyl (C=O) groups excluding carboxylic acids is 1. The van der Waals surface area contributed by atoms with Crippen molar-refractivity contribution in [3.63, 3.8) is 0 Å². The first-order chi connectivity index (χ1) is 8.16. The van der Waals surface area contributed by atoms with Crippen LogP contribution in [0, 0.1) is 3.57 Å². The molecule has 2 rings (SSSR count). The number of nitrogens with two attached hydrogens (primary N) is 1. The summed E-state index contributed by atoms with van der Waals surface area (Å²) in [6, 6.07) is 14.5. The van der Waals surface area contributed by atoms with Gasteiger partial charge in [-0.2, -0.15) is 0 Å². The predicted octanol–water partition coefficient (Wildman–Crippen LogP) is 3.18. The molecule has 0 unspecified atom stereocenters. The summed E-state index contributed by atoms with van der Waals surface area (Å²) in [6.45, 7) is 0. The van der Waals surface area contributed by atoms with Crippen LogP contribution in [-0.4, -0.2) is 5.91 Å². The number of para-hydroxylation sites is 1. The van der Waals surface area contributed by atoms with Crippen molar-refractivity contribution in [2.24, 2.45) is 5.73 Å². The third kappa shape index (κ3) is 2.97. The van der Waals surface area contributed by atoms with E-state index in [2.05, 4.69) is 22.6 Å². The zero-order valence-corrected chi connectivity index (χ0v) is 11.0. The minimum atomic E-state index is -0.439. The Labute approximate surface area is 113 Å². The van der Waals surface area contributed by atoms with Gasteiger partial charge in [-0.1, -0.05) is 12.1 Å². The molecule has 86 valence electrons. The van der Waals surface area contributed by atoms with Crippen molar-refractivity contribution >= 4 is 28.5 Å². The number of rotatable bonds is 3. The van der Waals surface area contributed by atoms with Crippen LogP contribution >= 0.6 is 22.6 Å². The van der Waals surface area contributed by atoms with Gasteiger partial charge in [-0.05, 0) is 59.0 Å². The van der Waals surface area contributed by atoms with Crippen LogP contribution in [0.25, 0.3) is 0 Å². The Kier molecular flexibility index (Phi) is 3.63. The number of primary amides is 1. The van der Waals surface area contributed by atoms with Gasteiger partial charge in [-0.25, -0.2) is 0 Å². The third-order valence-corrected chi connectivity index (χ3v) is 3.09. The van der Waals surface area contributed by atoms with Crippen molar-refractivity contribution in [3.8, 4) is 11.5 Å². The molecule has 0 aliphatic rings. The van der Waals surface area contributed by atoms with Crippen LogP contribution in [0.2, 0.25) is 0 Å². The maximum Gasteiger partial charge on any atom is 0.248 e. The van der Waals surface area contributed by atoms with Crippen molar-refractivity contribution in [3.05, 3.63) is 57.7 Å². The SMILES string of the molecule is NC(=O)c1ccc(Oc2ccccc2I)cc1. The van der Waals surface area contributed by atoms with E-state index >= 15 is 0 Å². The summed E-state index contributed by atoms with van der Waals surface area (Å²) in [5, 5.41) is 0. The highest BCUT2D eigenvalue weighted by Crippen LogP contribution is 2.26. The Bertz CT molecular complexity index is 537. The lowest BCUT2D eigenvalue weighted by Gasteiger charge is -2.07. The zero-order valence-electron chi connectivity index (χ0n) is 8.89. The Morgan fingerprint density at radius 1 is 1.06 bits per heavy atom. The highest BCUT2D eigenvalue weighted by Gasteiger charge is 2.03. The van der Waals surface area contributed by atoms with E-state index in [0.717, 1.165) is 9.32 Å². The minimum absolute atomic E-state index is 0.439. The predicted molar refractivity (Wildman–Crippen MR) is 74.2 cm³/mol. The number of ether oxygens (including phenoxy) is 1. The molecule has 2 aromatic carbocycles. The summed E-state index contributed by atoms with van der Waals surface area (Å²) in [5.74, 6) is 1.03. The van der Waals surface area contributed by atoms with Gasteiger partial charge in [-0.15, -0.1) is 0 Å². The lowest BCUT2D eigenvalue weighted by molar-refractivity contribution is 0.100. The van der Waals surface area contributed by atoms with Gasteiger partial charge in [-0.3, -0.25) is 4.79 Å². The minimum Gasteiger partial charge on any atom is -0.456 e. The van der Waals surface area contributed by atoms with Crippen LogP contribution < -0.4 is 10.5 Å². The molecule has 0 bridgehead atoms. The molecule has 17 heavy (non-hydrogen) atoms. The maximum absolute atomic E-state index is 10.9. The van der Waals surface area contributed by atoms with Crippen LogP contribution in [0.5, 0.6) is 11.5 Å². The molecular formula is C13H10INO2. The maximum atomic E-state index is 10.9. The second-order valence-corrected chi connectivity index (χ2v) is 4.58. The second-order valence-electron chi connectivity index (χ2n) is 3.42. The first-order valence-corrected chi connectivity index (χ1v) is 6.07. The van der Waals surface area contributed by atoms with E-state index in [4.69, 9.17) is 10.5 Å². The fourth-order valence-electron chi connectivity index (χ4n) is 1.34. The van der Waals surface area contributed by atoms with Gasteiger partial charge < -0.3 is 10.5 Å². The summed E-state index contributed by atoms with van der Waals surface area (Å²) >= 11 is 2.21. The average molecular weight is 339 g/mol. The van der Waals surface area contributed by atoms with E-state index in [1.54, 1.807) is 24.3 Å².